The highest BCUT2D eigenvalue weighted by molar-refractivity contribution is 7.07. The van der Waals surface area contributed by atoms with Gasteiger partial charge < -0.3 is 14.2 Å². The Morgan fingerprint density at radius 1 is 1.16 bits per heavy atom. The third-order valence-corrected chi connectivity index (χ3v) is 7.15. The van der Waals surface area contributed by atoms with Gasteiger partial charge in [0.15, 0.2) is 11.4 Å². The second kappa shape index (κ2) is 12.0. The van der Waals surface area contributed by atoms with Crippen molar-refractivity contribution in [1.29, 1.82) is 5.26 Å². The molecule has 2 aromatic carbocycles. The predicted molar refractivity (Wildman–Crippen MR) is 145 cm³/mol. The standard InChI is InChI=1S/C29H29N3O5S/c1-18(2)21-7-9-22(10-8-21)26-25(28(34)37-16-15-35-4)19(3)31-29-32(26)27(33)24(38-29)17-20-5-11-23(12-6-20)36-14-13-30/h5-12,17-18,26H,14-16H2,1-4H3. The molecule has 0 fully saturated rings. The van der Waals surface area contributed by atoms with Crippen LogP contribution in [0.5, 0.6) is 5.75 Å². The van der Waals surface area contributed by atoms with Crippen molar-refractivity contribution in [2.24, 2.45) is 4.99 Å². The number of thiazole rings is 1. The van der Waals surface area contributed by atoms with Crippen molar-refractivity contribution >= 4 is 23.4 Å². The number of esters is 1. The van der Waals surface area contributed by atoms with Crippen LogP contribution < -0.4 is 19.6 Å². The molecule has 0 saturated heterocycles. The molecule has 3 aromatic rings. The van der Waals surface area contributed by atoms with Gasteiger partial charge in [0.25, 0.3) is 5.56 Å². The fourth-order valence-electron chi connectivity index (χ4n) is 4.18. The minimum absolute atomic E-state index is 0.0360. The molecule has 0 radical (unpaired) electrons. The largest absolute Gasteiger partial charge is 0.479 e. The monoisotopic (exact) mass is 531 g/mol. The summed E-state index contributed by atoms with van der Waals surface area (Å²) in [5, 5.41) is 8.69. The first-order valence-corrected chi connectivity index (χ1v) is 13.0. The number of aromatic nitrogens is 1. The zero-order valence-corrected chi connectivity index (χ0v) is 22.6. The highest BCUT2D eigenvalue weighted by Gasteiger charge is 2.33. The van der Waals surface area contributed by atoms with E-state index in [0.29, 0.717) is 32.3 Å². The van der Waals surface area contributed by atoms with Crippen molar-refractivity contribution in [2.75, 3.05) is 26.9 Å². The number of rotatable bonds is 9. The lowest BCUT2D eigenvalue weighted by Crippen LogP contribution is -2.40. The van der Waals surface area contributed by atoms with Gasteiger partial charge in [-0.1, -0.05) is 61.6 Å². The molecule has 0 N–H and O–H groups in total. The number of benzene rings is 2. The van der Waals surface area contributed by atoms with Crippen LogP contribution in [0.1, 0.15) is 49.4 Å². The van der Waals surface area contributed by atoms with Crippen molar-refractivity contribution in [3.05, 3.63) is 96.2 Å². The first-order chi connectivity index (χ1) is 18.3. The van der Waals surface area contributed by atoms with Crippen LogP contribution >= 0.6 is 11.3 Å². The lowest BCUT2D eigenvalue weighted by atomic mass is 9.93. The van der Waals surface area contributed by atoms with Crippen LogP contribution in [-0.2, 0) is 14.3 Å². The van der Waals surface area contributed by atoms with Crippen molar-refractivity contribution in [2.45, 2.75) is 32.7 Å². The Morgan fingerprint density at radius 3 is 2.50 bits per heavy atom. The topological polar surface area (TPSA) is 103 Å². The summed E-state index contributed by atoms with van der Waals surface area (Å²) in [5.41, 5.74) is 3.36. The lowest BCUT2D eigenvalue weighted by Gasteiger charge is -2.25. The Kier molecular flexibility index (Phi) is 8.56. The van der Waals surface area contributed by atoms with Gasteiger partial charge in [-0.2, -0.15) is 5.26 Å². The van der Waals surface area contributed by atoms with E-state index in [9.17, 15) is 9.59 Å². The summed E-state index contributed by atoms with van der Waals surface area (Å²) >= 11 is 1.27. The maximum Gasteiger partial charge on any atom is 0.338 e. The van der Waals surface area contributed by atoms with E-state index in [0.717, 1.165) is 16.7 Å². The first kappa shape index (κ1) is 27.0. The molecule has 9 heteroatoms. The summed E-state index contributed by atoms with van der Waals surface area (Å²) in [4.78, 5) is 32.1. The minimum atomic E-state index is -0.675. The van der Waals surface area contributed by atoms with E-state index in [4.69, 9.17) is 19.5 Å². The van der Waals surface area contributed by atoms with Gasteiger partial charge >= 0.3 is 5.97 Å². The summed E-state index contributed by atoms with van der Waals surface area (Å²) in [7, 11) is 1.54. The van der Waals surface area contributed by atoms with Crippen LogP contribution in [0.2, 0.25) is 0 Å². The second-order valence-electron chi connectivity index (χ2n) is 9.05. The maximum absolute atomic E-state index is 13.7. The zero-order chi connectivity index (χ0) is 27.2. The molecule has 0 bridgehead atoms. The quantitative estimate of drug-likeness (QED) is 0.310. The number of fused-ring (bicyclic) bond motifs is 1. The Hall–Kier alpha value is -4.00. The molecule has 2 heterocycles. The van der Waals surface area contributed by atoms with Gasteiger partial charge in [-0.05, 0) is 47.7 Å². The third kappa shape index (κ3) is 5.77. The zero-order valence-electron chi connectivity index (χ0n) is 21.8. The summed E-state index contributed by atoms with van der Waals surface area (Å²) in [5.74, 6) is 0.393. The number of nitriles is 1. The van der Waals surface area contributed by atoms with E-state index >= 15 is 0 Å². The molecule has 8 nitrogen and oxygen atoms in total. The molecule has 0 spiro atoms. The van der Waals surface area contributed by atoms with Crippen LogP contribution in [0.4, 0.5) is 0 Å². The van der Waals surface area contributed by atoms with Crippen LogP contribution in [0.15, 0.2) is 69.6 Å². The molecule has 0 amide bonds. The van der Waals surface area contributed by atoms with Crippen LogP contribution in [0, 0.1) is 11.3 Å². The minimum Gasteiger partial charge on any atom is -0.479 e. The number of carbonyl (C=O) groups excluding carboxylic acids is 1. The lowest BCUT2D eigenvalue weighted by molar-refractivity contribution is -0.140. The van der Waals surface area contributed by atoms with Gasteiger partial charge in [0.1, 0.15) is 18.4 Å². The number of hydrogen-bond donors (Lipinski definition) is 0. The third-order valence-electron chi connectivity index (χ3n) is 6.16. The molecule has 1 aromatic heterocycles. The number of methoxy groups -OCH3 is 1. The number of hydrogen-bond acceptors (Lipinski definition) is 8. The van der Waals surface area contributed by atoms with Gasteiger partial charge in [-0.3, -0.25) is 9.36 Å². The average Bonchev–Trinajstić information content (AvgIpc) is 3.21. The van der Waals surface area contributed by atoms with Gasteiger partial charge in [-0.25, -0.2) is 9.79 Å². The van der Waals surface area contributed by atoms with Crippen LogP contribution in [0.25, 0.3) is 6.08 Å². The van der Waals surface area contributed by atoms with E-state index in [1.807, 2.05) is 42.5 Å². The van der Waals surface area contributed by atoms with Gasteiger partial charge in [0, 0.05) is 7.11 Å². The molecular weight excluding hydrogens is 502 g/mol. The van der Waals surface area contributed by atoms with Crippen molar-refractivity contribution < 1.29 is 19.0 Å². The number of ether oxygens (including phenoxy) is 3. The van der Waals surface area contributed by atoms with E-state index in [1.54, 1.807) is 29.7 Å². The smallest absolute Gasteiger partial charge is 0.338 e. The van der Waals surface area contributed by atoms with E-state index < -0.39 is 12.0 Å². The molecule has 0 saturated carbocycles. The second-order valence-corrected chi connectivity index (χ2v) is 10.1. The average molecular weight is 532 g/mol. The molecule has 0 aliphatic carbocycles. The molecule has 1 aliphatic heterocycles. The summed E-state index contributed by atoms with van der Waals surface area (Å²) in [6, 6.07) is 16.3. The van der Waals surface area contributed by atoms with Crippen LogP contribution in [0.3, 0.4) is 0 Å². The van der Waals surface area contributed by atoms with Crippen molar-refractivity contribution in [3.8, 4) is 11.8 Å². The summed E-state index contributed by atoms with van der Waals surface area (Å²) < 4.78 is 17.9. The SMILES string of the molecule is COCCOC(=O)C1=C(C)N=c2sc(=Cc3ccc(OCC#N)cc3)c(=O)n2C1c1ccc(C(C)C)cc1. The van der Waals surface area contributed by atoms with Crippen molar-refractivity contribution in [1.82, 2.24) is 4.57 Å². The van der Waals surface area contributed by atoms with Crippen molar-refractivity contribution in [3.63, 3.8) is 0 Å². The highest BCUT2D eigenvalue weighted by Crippen LogP contribution is 2.31. The first-order valence-electron chi connectivity index (χ1n) is 12.2. The molecule has 196 valence electrons. The Balaban J connectivity index is 1.81. The molecule has 1 aliphatic rings. The van der Waals surface area contributed by atoms with Gasteiger partial charge in [0.05, 0.1) is 28.5 Å². The fourth-order valence-corrected chi connectivity index (χ4v) is 5.23. The van der Waals surface area contributed by atoms with E-state index in [2.05, 4.69) is 18.8 Å². The van der Waals surface area contributed by atoms with E-state index in [-0.39, 0.29) is 25.4 Å². The Bertz CT molecular complexity index is 1560. The maximum atomic E-state index is 13.7. The number of nitrogens with zero attached hydrogens (tertiary/aromatic N) is 3. The fraction of sp³-hybridized carbons (Fsp3) is 0.310. The molecule has 1 atom stereocenters. The van der Waals surface area contributed by atoms with Gasteiger partial charge in [-0.15, -0.1) is 0 Å². The predicted octanol–water partition coefficient (Wildman–Crippen LogP) is 3.45. The summed E-state index contributed by atoms with van der Waals surface area (Å²) in [6.07, 6.45) is 1.78. The van der Waals surface area contributed by atoms with Gasteiger partial charge in [0.2, 0.25) is 0 Å². The number of allylic oxidation sites excluding steroid dienone is 1. The van der Waals surface area contributed by atoms with Crippen LogP contribution in [-0.4, -0.2) is 37.5 Å². The normalized spacial score (nSPS) is 15.2. The Labute approximate surface area is 224 Å². The molecule has 1 unspecified atom stereocenters. The summed E-state index contributed by atoms with van der Waals surface area (Å²) in [6.45, 7) is 6.33. The molecular formula is C29H29N3O5S. The highest BCUT2D eigenvalue weighted by atomic mass is 32.1. The molecule has 4 rings (SSSR count). The van der Waals surface area contributed by atoms with E-state index in [1.165, 1.54) is 18.4 Å². The Morgan fingerprint density at radius 2 is 1.87 bits per heavy atom. The number of carbonyl (C=O) groups is 1. The molecule has 38 heavy (non-hydrogen) atoms.